The lowest BCUT2D eigenvalue weighted by Crippen LogP contribution is -2.54. The number of hydrogen-bond donors (Lipinski definition) is 3. The Morgan fingerprint density at radius 2 is 2.04 bits per heavy atom. The normalized spacial score (nSPS) is 26.2. The molecule has 0 spiro atoms. The molecular weight excluding hydrogens is 320 g/mol. The summed E-state index contributed by atoms with van der Waals surface area (Å²) in [5.41, 5.74) is -0.922. The summed E-state index contributed by atoms with van der Waals surface area (Å²) in [7, 11) is 0. The Hall–Kier alpha value is -2.74. The molecule has 2 heterocycles. The van der Waals surface area contributed by atoms with Crippen LogP contribution in [0.2, 0.25) is 0 Å². The van der Waals surface area contributed by atoms with Crippen LogP contribution in [0.15, 0.2) is 42.1 Å². The summed E-state index contributed by atoms with van der Waals surface area (Å²) >= 11 is 0. The van der Waals surface area contributed by atoms with Crippen molar-refractivity contribution in [1.29, 1.82) is 0 Å². The van der Waals surface area contributed by atoms with E-state index in [1.807, 2.05) is 0 Å². The number of benzene rings is 1. The average Bonchev–Trinajstić information content (AvgIpc) is 2.81. The molecule has 8 heteroatoms. The highest BCUT2D eigenvalue weighted by atomic mass is 19.2. The van der Waals surface area contributed by atoms with Gasteiger partial charge >= 0.3 is 6.03 Å². The van der Waals surface area contributed by atoms with Crippen molar-refractivity contribution >= 4 is 11.9 Å². The first-order chi connectivity index (χ1) is 11.3. The number of nitrogens with one attached hydrogen (secondary N) is 2. The highest BCUT2D eigenvalue weighted by Gasteiger charge is 2.49. The van der Waals surface area contributed by atoms with Gasteiger partial charge in [0.05, 0.1) is 6.54 Å². The number of nitrogens with zero attached hydrogens (tertiary/aromatic N) is 1. The van der Waals surface area contributed by atoms with Crippen molar-refractivity contribution in [3.05, 3.63) is 59.3 Å². The van der Waals surface area contributed by atoms with Gasteiger partial charge in [0, 0.05) is 6.20 Å². The Morgan fingerprint density at radius 3 is 2.67 bits per heavy atom. The second-order valence-corrected chi connectivity index (χ2v) is 5.74. The van der Waals surface area contributed by atoms with Crippen molar-refractivity contribution in [1.82, 2.24) is 15.5 Å². The van der Waals surface area contributed by atoms with Gasteiger partial charge in [0.15, 0.2) is 17.2 Å². The van der Waals surface area contributed by atoms with Crippen LogP contribution in [0, 0.1) is 11.6 Å². The van der Waals surface area contributed by atoms with E-state index in [9.17, 15) is 23.5 Å². The number of allylic oxidation sites excluding steroid dienone is 2. The summed E-state index contributed by atoms with van der Waals surface area (Å²) in [6.07, 6.45) is 3.94. The van der Waals surface area contributed by atoms with Crippen LogP contribution in [-0.2, 0) is 10.3 Å². The fraction of sp³-hybridized carbons (Fsp3) is 0.250. The molecule has 1 aromatic carbocycles. The van der Waals surface area contributed by atoms with Crippen molar-refractivity contribution in [2.75, 3.05) is 6.54 Å². The van der Waals surface area contributed by atoms with E-state index < -0.39 is 35.3 Å². The highest BCUT2D eigenvalue weighted by molar-refractivity contribution is 6.07. The van der Waals surface area contributed by atoms with Gasteiger partial charge in [0.25, 0.3) is 5.91 Å². The monoisotopic (exact) mass is 335 g/mol. The number of imide groups is 1. The second-order valence-electron chi connectivity index (χ2n) is 5.74. The van der Waals surface area contributed by atoms with Crippen LogP contribution in [0.3, 0.4) is 0 Å². The molecule has 3 rings (SSSR count). The molecule has 0 aliphatic carbocycles. The van der Waals surface area contributed by atoms with Crippen molar-refractivity contribution in [3.8, 4) is 0 Å². The molecule has 2 unspecified atom stereocenters. The summed E-state index contributed by atoms with van der Waals surface area (Å²) in [5.74, 6) is -2.90. The smallest absolute Gasteiger partial charge is 0.322 e. The van der Waals surface area contributed by atoms with E-state index in [-0.39, 0.29) is 12.1 Å². The summed E-state index contributed by atoms with van der Waals surface area (Å²) < 4.78 is 26.9. The van der Waals surface area contributed by atoms with E-state index in [4.69, 9.17) is 0 Å². The molecule has 24 heavy (non-hydrogen) atoms. The van der Waals surface area contributed by atoms with Gasteiger partial charge in [-0.1, -0.05) is 12.1 Å². The lowest BCUT2D eigenvalue weighted by Gasteiger charge is -2.36. The summed E-state index contributed by atoms with van der Waals surface area (Å²) in [4.78, 5) is 25.5. The van der Waals surface area contributed by atoms with Gasteiger partial charge < -0.3 is 15.3 Å². The Morgan fingerprint density at radius 1 is 1.29 bits per heavy atom. The van der Waals surface area contributed by atoms with Crippen molar-refractivity contribution in [2.24, 2.45) is 0 Å². The lowest BCUT2D eigenvalue weighted by molar-refractivity contribution is -0.125. The molecule has 2 aliphatic rings. The van der Waals surface area contributed by atoms with Gasteiger partial charge in [-0.05, 0) is 36.3 Å². The Bertz CT molecular complexity index is 778. The predicted molar refractivity (Wildman–Crippen MR) is 80.3 cm³/mol. The van der Waals surface area contributed by atoms with Crippen molar-refractivity contribution in [2.45, 2.75) is 18.7 Å². The van der Waals surface area contributed by atoms with E-state index in [1.165, 1.54) is 11.0 Å². The number of aliphatic hydroxyl groups is 1. The zero-order valence-electron chi connectivity index (χ0n) is 12.7. The van der Waals surface area contributed by atoms with E-state index in [1.54, 1.807) is 25.3 Å². The molecule has 6 nitrogen and oxygen atoms in total. The first-order valence-corrected chi connectivity index (χ1v) is 7.21. The van der Waals surface area contributed by atoms with Crippen molar-refractivity contribution < 1.29 is 23.5 Å². The zero-order valence-corrected chi connectivity index (χ0v) is 12.7. The van der Waals surface area contributed by atoms with Crippen molar-refractivity contribution in [3.63, 3.8) is 0 Å². The Labute approximate surface area is 136 Å². The standard InChI is InChI=1S/C16H15F2N3O3/c1-9-3-2-6-21(13(9)22)8-16(14(23)19-15(24)20-16)10-4-5-11(17)12(18)7-10/h2-7,13,22H,8H2,1H3,(H2,19,20,23,24). The lowest BCUT2D eigenvalue weighted by atomic mass is 9.88. The van der Waals surface area contributed by atoms with Crippen LogP contribution < -0.4 is 10.6 Å². The molecule has 0 bridgehead atoms. The van der Waals surface area contributed by atoms with Gasteiger partial charge in [-0.3, -0.25) is 10.1 Å². The van der Waals surface area contributed by atoms with Crippen LogP contribution >= 0.6 is 0 Å². The van der Waals surface area contributed by atoms with Crippen LogP contribution in [-0.4, -0.2) is 34.7 Å². The molecule has 2 atom stereocenters. The molecule has 1 saturated heterocycles. The average molecular weight is 335 g/mol. The Kier molecular flexibility index (Phi) is 3.84. The number of carbonyl (C=O) groups excluding carboxylic acids is 2. The third-order valence-electron chi connectivity index (χ3n) is 4.13. The number of amides is 3. The molecule has 1 fully saturated rings. The maximum Gasteiger partial charge on any atom is 0.322 e. The highest BCUT2D eigenvalue weighted by Crippen LogP contribution is 2.29. The Balaban J connectivity index is 2.02. The number of rotatable bonds is 3. The molecule has 0 saturated carbocycles. The van der Waals surface area contributed by atoms with Crippen LogP contribution in [0.5, 0.6) is 0 Å². The number of halogens is 2. The minimum absolute atomic E-state index is 0.0811. The molecule has 2 aliphatic heterocycles. The maximum atomic E-state index is 13.6. The topological polar surface area (TPSA) is 81.7 Å². The van der Waals surface area contributed by atoms with Gasteiger partial charge in [-0.2, -0.15) is 0 Å². The number of aliphatic hydroxyl groups excluding tert-OH is 1. The summed E-state index contributed by atoms with van der Waals surface area (Å²) in [6.45, 7) is 1.55. The predicted octanol–water partition coefficient (Wildman–Crippen LogP) is 1.09. The van der Waals surface area contributed by atoms with Crippen LogP contribution in [0.25, 0.3) is 0 Å². The quantitative estimate of drug-likeness (QED) is 0.723. The SMILES string of the molecule is CC1=CC=CN(CC2(c3ccc(F)c(F)c3)NC(=O)NC2=O)C1O. The van der Waals surface area contributed by atoms with Gasteiger partial charge in [0.1, 0.15) is 6.23 Å². The molecule has 1 aromatic rings. The fourth-order valence-electron chi connectivity index (χ4n) is 2.81. The first-order valence-electron chi connectivity index (χ1n) is 7.21. The van der Waals surface area contributed by atoms with Gasteiger partial charge in [-0.25, -0.2) is 13.6 Å². The maximum absolute atomic E-state index is 13.6. The van der Waals surface area contributed by atoms with Gasteiger partial charge in [-0.15, -0.1) is 0 Å². The van der Waals surface area contributed by atoms with E-state index in [0.717, 1.165) is 12.1 Å². The van der Waals surface area contributed by atoms with E-state index in [0.29, 0.717) is 5.57 Å². The third-order valence-corrected chi connectivity index (χ3v) is 4.13. The van der Waals surface area contributed by atoms with E-state index in [2.05, 4.69) is 10.6 Å². The first kappa shape index (κ1) is 16.1. The molecule has 3 amide bonds. The minimum Gasteiger partial charge on any atom is -0.370 e. The van der Waals surface area contributed by atoms with Crippen LogP contribution in [0.4, 0.5) is 13.6 Å². The fourth-order valence-corrected chi connectivity index (χ4v) is 2.81. The molecule has 0 radical (unpaired) electrons. The van der Waals surface area contributed by atoms with Crippen LogP contribution in [0.1, 0.15) is 12.5 Å². The molecular formula is C16H15F2N3O3. The molecule has 3 N–H and O–H groups in total. The second kappa shape index (κ2) is 5.72. The minimum atomic E-state index is -1.64. The third kappa shape index (κ3) is 2.54. The zero-order chi connectivity index (χ0) is 17.5. The van der Waals surface area contributed by atoms with Gasteiger partial charge in [0.2, 0.25) is 0 Å². The van der Waals surface area contributed by atoms with E-state index >= 15 is 0 Å². The number of urea groups is 1. The summed E-state index contributed by atoms with van der Waals surface area (Å²) in [6, 6.07) is 2.24. The number of hydrogen-bond acceptors (Lipinski definition) is 4. The summed E-state index contributed by atoms with van der Waals surface area (Å²) in [5, 5.41) is 14.8. The molecule has 0 aromatic heterocycles. The number of carbonyl (C=O) groups is 2. The largest absolute Gasteiger partial charge is 0.370 e. The molecule has 126 valence electrons.